The average molecular weight is 369 g/mol. The molecule has 6 heteroatoms. The van der Waals surface area contributed by atoms with Gasteiger partial charge >= 0.3 is 0 Å². The second-order valence-electron chi connectivity index (χ2n) is 4.71. The Morgan fingerprint density at radius 3 is 2.57 bits per heavy atom. The van der Waals surface area contributed by atoms with Crippen molar-refractivity contribution < 1.29 is 8.42 Å². The van der Waals surface area contributed by atoms with Crippen molar-refractivity contribution in [2.75, 3.05) is 0 Å². The minimum atomic E-state index is -3.61. The van der Waals surface area contributed by atoms with Gasteiger partial charge in [-0.1, -0.05) is 46.3 Å². The van der Waals surface area contributed by atoms with E-state index in [-0.39, 0.29) is 17.5 Å². The first-order valence-electron chi connectivity index (χ1n) is 6.50. The van der Waals surface area contributed by atoms with Gasteiger partial charge in [-0.3, -0.25) is 0 Å². The van der Waals surface area contributed by atoms with Gasteiger partial charge in [-0.25, -0.2) is 13.1 Å². The van der Waals surface area contributed by atoms with Gasteiger partial charge in [0, 0.05) is 17.1 Å². The molecule has 0 bridgehead atoms. The molecule has 0 aromatic heterocycles. The molecule has 21 heavy (non-hydrogen) atoms. The standard InChI is InChI=1S/C15H17BrN2O2S/c1-11(12-6-4-7-14(16)9-12)18-21(19,20)15-8-3-2-5-13(15)10-17/h2-9,11,18H,10,17H2,1H3. The van der Waals surface area contributed by atoms with Gasteiger partial charge in [0.25, 0.3) is 0 Å². The Balaban J connectivity index is 2.29. The Hall–Kier alpha value is -1.21. The molecular weight excluding hydrogens is 352 g/mol. The van der Waals surface area contributed by atoms with Crippen LogP contribution in [0.1, 0.15) is 24.1 Å². The third-order valence-corrected chi connectivity index (χ3v) is 5.30. The third kappa shape index (κ3) is 3.91. The van der Waals surface area contributed by atoms with Gasteiger partial charge in [-0.2, -0.15) is 0 Å². The number of hydrogen-bond donors (Lipinski definition) is 2. The Kier molecular flexibility index (Phi) is 5.16. The molecule has 0 amide bonds. The highest BCUT2D eigenvalue weighted by atomic mass is 79.9. The van der Waals surface area contributed by atoms with Crippen LogP contribution < -0.4 is 10.5 Å². The first kappa shape index (κ1) is 16.2. The van der Waals surface area contributed by atoms with Crippen LogP contribution in [-0.2, 0) is 16.6 Å². The summed E-state index contributed by atoms with van der Waals surface area (Å²) in [4.78, 5) is 0.231. The van der Waals surface area contributed by atoms with Gasteiger partial charge in [0.15, 0.2) is 0 Å². The molecule has 0 fully saturated rings. The van der Waals surface area contributed by atoms with Crippen molar-refractivity contribution in [1.29, 1.82) is 0 Å². The highest BCUT2D eigenvalue weighted by molar-refractivity contribution is 9.10. The van der Waals surface area contributed by atoms with Gasteiger partial charge in [-0.15, -0.1) is 0 Å². The molecule has 0 saturated carbocycles. The van der Waals surface area contributed by atoms with Crippen molar-refractivity contribution in [2.45, 2.75) is 24.4 Å². The Morgan fingerprint density at radius 2 is 1.90 bits per heavy atom. The van der Waals surface area contributed by atoms with E-state index in [1.165, 1.54) is 0 Å². The predicted octanol–water partition coefficient (Wildman–Crippen LogP) is 2.95. The Labute approximate surface area is 133 Å². The molecule has 1 atom stereocenters. The third-order valence-electron chi connectivity index (χ3n) is 3.16. The summed E-state index contributed by atoms with van der Waals surface area (Å²) in [7, 11) is -3.61. The molecule has 0 heterocycles. The molecule has 0 aliphatic heterocycles. The summed E-state index contributed by atoms with van der Waals surface area (Å²) in [5.74, 6) is 0. The summed E-state index contributed by atoms with van der Waals surface area (Å²) in [5, 5.41) is 0. The summed E-state index contributed by atoms with van der Waals surface area (Å²) >= 11 is 3.38. The molecule has 0 spiro atoms. The minimum Gasteiger partial charge on any atom is -0.326 e. The zero-order valence-electron chi connectivity index (χ0n) is 11.6. The fraction of sp³-hybridized carbons (Fsp3) is 0.200. The molecule has 2 rings (SSSR count). The molecule has 4 nitrogen and oxygen atoms in total. The zero-order chi connectivity index (χ0) is 15.5. The van der Waals surface area contributed by atoms with Crippen LogP contribution in [-0.4, -0.2) is 8.42 Å². The maximum absolute atomic E-state index is 12.5. The molecule has 0 aliphatic carbocycles. The van der Waals surface area contributed by atoms with E-state index in [2.05, 4.69) is 20.7 Å². The van der Waals surface area contributed by atoms with E-state index in [0.29, 0.717) is 5.56 Å². The van der Waals surface area contributed by atoms with Crippen molar-refractivity contribution >= 4 is 26.0 Å². The molecule has 2 aromatic carbocycles. The maximum atomic E-state index is 12.5. The maximum Gasteiger partial charge on any atom is 0.241 e. The average Bonchev–Trinajstić information content (AvgIpc) is 2.46. The van der Waals surface area contributed by atoms with Gasteiger partial charge in [0.1, 0.15) is 0 Å². The predicted molar refractivity (Wildman–Crippen MR) is 87.2 cm³/mol. The van der Waals surface area contributed by atoms with Crippen molar-refractivity contribution in [1.82, 2.24) is 4.72 Å². The fourth-order valence-electron chi connectivity index (χ4n) is 2.07. The largest absolute Gasteiger partial charge is 0.326 e. The monoisotopic (exact) mass is 368 g/mol. The SMILES string of the molecule is CC(NS(=O)(=O)c1ccccc1CN)c1cccc(Br)c1. The van der Waals surface area contributed by atoms with Crippen LogP contribution in [0.25, 0.3) is 0 Å². The highest BCUT2D eigenvalue weighted by Crippen LogP contribution is 2.21. The number of halogens is 1. The lowest BCUT2D eigenvalue weighted by atomic mass is 10.1. The van der Waals surface area contributed by atoms with E-state index in [1.807, 2.05) is 31.2 Å². The quantitative estimate of drug-likeness (QED) is 0.851. The van der Waals surface area contributed by atoms with E-state index in [1.54, 1.807) is 24.3 Å². The van der Waals surface area contributed by atoms with Crippen molar-refractivity contribution in [3.63, 3.8) is 0 Å². The van der Waals surface area contributed by atoms with E-state index >= 15 is 0 Å². The highest BCUT2D eigenvalue weighted by Gasteiger charge is 2.20. The van der Waals surface area contributed by atoms with Crippen LogP contribution in [0.2, 0.25) is 0 Å². The Morgan fingerprint density at radius 1 is 1.19 bits per heavy atom. The second kappa shape index (κ2) is 6.70. The lowest BCUT2D eigenvalue weighted by molar-refractivity contribution is 0.565. The van der Waals surface area contributed by atoms with E-state index < -0.39 is 10.0 Å². The number of nitrogens with two attached hydrogens (primary N) is 1. The lowest BCUT2D eigenvalue weighted by Crippen LogP contribution is -2.28. The fourth-order valence-corrected chi connectivity index (χ4v) is 3.97. The van der Waals surface area contributed by atoms with Crippen LogP contribution in [0.15, 0.2) is 57.9 Å². The number of hydrogen-bond acceptors (Lipinski definition) is 3. The first-order valence-corrected chi connectivity index (χ1v) is 8.77. The van der Waals surface area contributed by atoms with Crippen LogP contribution in [0.3, 0.4) is 0 Å². The van der Waals surface area contributed by atoms with Crippen LogP contribution in [0, 0.1) is 0 Å². The van der Waals surface area contributed by atoms with E-state index in [9.17, 15) is 8.42 Å². The normalized spacial score (nSPS) is 13.1. The molecule has 1 unspecified atom stereocenters. The van der Waals surface area contributed by atoms with Gasteiger partial charge in [0.2, 0.25) is 10.0 Å². The molecule has 2 aromatic rings. The van der Waals surface area contributed by atoms with Gasteiger partial charge < -0.3 is 5.73 Å². The second-order valence-corrected chi connectivity index (χ2v) is 7.31. The van der Waals surface area contributed by atoms with Crippen LogP contribution >= 0.6 is 15.9 Å². The van der Waals surface area contributed by atoms with Crippen molar-refractivity contribution in [3.05, 3.63) is 64.1 Å². The zero-order valence-corrected chi connectivity index (χ0v) is 14.0. The van der Waals surface area contributed by atoms with Crippen molar-refractivity contribution in [3.8, 4) is 0 Å². The van der Waals surface area contributed by atoms with Crippen molar-refractivity contribution in [2.24, 2.45) is 5.73 Å². The molecular formula is C15H17BrN2O2S. The molecule has 3 N–H and O–H groups in total. The number of sulfonamides is 1. The summed E-state index contributed by atoms with van der Waals surface area (Å²) in [6, 6.07) is 14.0. The smallest absolute Gasteiger partial charge is 0.241 e. The molecule has 0 radical (unpaired) electrons. The van der Waals surface area contributed by atoms with Gasteiger partial charge in [-0.05, 0) is 36.2 Å². The summed E-state index contributed by atoms with van der Waals surface area (Å²) in [5.41, 5.74) is 7.10. The van der Waals surface area contributed by atoms with E-state index in [0.717, 1.165) is 10.0 Å². The summed E-state index contributed by atoms with van der Waals surface area (Å²) in [6.07, 6.45) is 0. The lowest BCUT2D eigenvalue weighted by Gasteiger charge is -2.16. The van der Waals surface area contributed by atoms with Gasteiger partial charge in [0.05, 0.1) is 4.90 Å². The summed E-state index contributed by atoms with van der Waals surface area (Å²) < 4.78 is 28.6. The molecule has 112 valence electrons. The molecule has 0 saturated heterocycles. The van der Waals surface area contributed by atoms with Crippen LogP contribution in [0.5, 0.6) is 0 Å². The van der Waals surface area contributed by atoms with E-state index in [4.69, 9.17) is 5.73 Å². The number of nitrogens with one attached hydrogen (secondary N) is 1. The molecule has 0 aliphatic rings. The minimum absolute atomic E-state index is 0.183. The number of rotatable bonds is 5. The summed E-state index contributed by atoms with van der Waals surface area (Å²) in [6.45, 7) is 1.99. The topological polar surface area (TPSA) is 72.2 Å². The first-order chi connectivity index (χ1) is 9.94. The number of benzene rings is 2. The Bertz CT molecular complexity index is 732. The van der Waals surface area contributed by atoms with Crippen LogP contribution in [0.4, 0.5) is 0 Å².